The average molecular weight is 280 g/mol. The lowest BCUT2D eigenvalue weighted by atomic mass is 10.1. The maximum absolute atomic E-state index is 14.0. The number of morpholine rings is 1. The molecule has 4 heteroatoms. The molecule has 1 aliphatic heterocycles. The highest BCUT2D eigenvalue weighted by molar-refractivity contribution is 5.25. The van der Waals surface area contributed by atoms with Crippen LogP contribution in [-0.4, -0.2) is 37.2 Å². The summed E-state index contributed by atoms with van der Waals surface area (Å²) >= 11 is 0. The number of benzene rings is 1. The van der Waals surface area contributed by atoms with Crippen LogP contribution in [0.3, 0.4) is 0 Å². The predicted molar refractivity (Wildman–Crippen MR) is 79.1 cm³/mol. The largest absolute Gasteiger partial charge is 0.376 e. The fourth-order valence-electron chi connectivity index (χ4n) is 2.76. The van der Waals surface area contributed by atoms with Crippen LogP contribution in [0.25, 0.3) is 0 Å². The van der Waals surface area contributed by atoms with Crippen molar-refractivity contribution in [2.24, 2.45) is 0 Å². The van der Waals surface area contributed by atoms with E-state index in [0.717, 1.165) is 37.2 Å². The second-order valence-electron chi connectivity index (χ2n) is 5.59. The third-order valence-corrected chi connectivity index (χ3v) is 3.92. The Hall–Kier alpha value is -0.970. The fraction of sp³-hybridized carbons (Fsp3) is 0.625. The zero-order valence-corrected chi connectivity index (χ0v) is 12.7. The standard InChI is InChI=1S/C16H25FN2O/c1-4-15-11-20-12(2)9-19(15)10-14-7-13(8-18-3)5-6-16(14)17/h5-7,12,15,18H,4,8-11H2,1-3H3. The highest BCUT2D eigenvalue weighted by Crippen LogP contribution is 2.20. The third-order valence-electron chi connectivity index (χ3n) is 3.92. The van der Waals surface area contributed by atoms with Crippen LogP contribution in [0.15, 0.2) is 18.2 Å². The van der Waals surface area contributed by atoms with Crippen LogP contribution in [0, 0.1) is 5.82 Å². The summed E-state index contributed by atoms with van der Waals surface area (Å²) in [5.74, 6) is -0.112. The van der Waals surface area contributed by atoms with E-state index in [2.05, 4.69) is 24.1 Å². The summed E-state index contributed by atoms with van der Waals surface area (Å²) in [4.78, 5) is 2.34. The van der Waals surface area contributed by atoms with Gasteiger partial charge in [0.15, 0.2) is 0 Å². The van der Waals surface area contributed by atoms with Crippen molar-refractivity contribution in [2.75, 3.05) is 20.2 Å². The minimum atomic E-state index is -0.112. The van der Waals surface area contributed by atoms with Crippen LogP contribution in [0.5, 0.6) is 0 Å². The van der Waals surface area contributed by atoms with E-state index >= 15 is 0 Å². The fourth-order valence-corrected chi connectivity index (χ4v) is 2.76. The van der Waals surface area contributed by atoms with Crippen LogP contribution in [-0.2, 0) is 17.8 Å². The molecule has 1 heterocycles. The topological polar surface area (TPSA) is 24.5 Å². The van der Waals surface area contributed by atoms with E-state index in [1.807, 2.05) is 19.2 Å². The van der Waals surface area contributed by atoms with Crippen molar-refractivity contribution in [3.05, 3.63) is 35.1 Å². The molecule has 0 aliphatic carbocycles. The Morgan fingerprint density at radius 2 is 2.25 bits per heavy atom. The normalized spacial score (nSPS) is 24.0. The van der Waals surface area contributed by atoms with E-state index in [1.165, 1.54) is 0 Å². The Labute approximate surface area is 121 Å². The van der Waals surface area contributed by atoms with Gasteiger partial charge in [0.05, 0.1) is 12.7 Å². The predicted octanol–water partition coefficient (Wildman–Crippen LogP) is 2.54. The Morgan fingerprint density at radius 1 is 1.45 bits per heavy atom. The number of rotatable bonds is 5. The Bertz CT molecular complexity index is 438. The maximum atomic E-state index is 14.0. The second-order valence-corrected chi connectivity index (χ2v) is 5.59. The molecule has 112 valence electrons. The van der Waals surface area contributed by atoms with Gasteiger partial charge in [-0.05, 0) is 32.0 Å². The van der Waals surface area contributed by atoms with Crippen LogP contribution in [0.4, 0.5) is 4.39 Å². The van der Waals surface area contributed by atoms with Crippen molar-refractivity contribution < 1.29 is 9.13 Å². The molecule has 1 aromatic carbocycles. The summed E-state index contributed by atoms with van der Waals surface area (Å²) in [5, 5.41) is 3.11. The summed E-state index contributed by atoms with van der Waals surface area (Å²) in [7, 11) is 1.90. The molecule has 1 saturated heterocycles. The molecule has 20 heavy (non-hydrogen) atoms. The molecular formula is C16H25FN2O. The van der Waals surface area contributed by atoms with Gasteiger partial charge in [-0.15, -0.1) is 0 Å². The van der Waals surface area contributed by atoms with E-state index in [9.17, 15) is 4.39 Å². The zero-order chi connectivity index (χ0) is 14.5. The highest BCUT2D eigenvalue weighted by atomic mass is 19.1. The Balaban J connectivity index is 2.12. The zero-order valence-electron chi connectivity index (χ0n) is 12.7. The number of nitrogens with one attached hydrogen (secondary N) is 1. The second kappa shape index (κ2) is 7.16. The lowest BCUT2D eigenvalue weighted by molar-refractivity contribution is -0.0595. The van der Waals surface area contributed by atoms with Gasteiger partial charge in [0.1, 0.15) is 5.82 Å². The monoisotopic (exact) mass is 280 g/mol. The molecule has 3 nitrogen and oxygen atoms in total. The number of halogens is 1. The number of nitrogens with zero attached hydrogens (tertiary/aromatic N) is 1. The summed E-state index contributed by atoms with van der Waals surface area (Å²) < 4.78 is 19.7. The van der Waals surface area contributed by atoms with Crippen LogP contribution < -0.4 is 5.32 Å². The molecule has 0 aromatic heterocycles. The van der Waals surface area contributed by atoms with Crippen molar-refractivity contribution in [3.63, 3.8) is 0 Å². The van der Waals surface area contributed by atoms with Crippen molar-refractivity contribution in [3.8, 4) is 0 Å². The van der Waals surface area contributed by atoms with Crippen molar-refractivity contribution in [1.82, 2.24) is 10.2 Å². The summed E-state index contributed by atoms with van der Waals surface area (Å²) in [5.41, 5.74) is 1.91. The molecule has 2 atom stereocenters. The molecule has 1 aliphatic rings. The summed E-state index contributed by atoms with van der Waals surface area (Å²) in [6.45, 7) is 7.28. The van der Waals surface area contributed by atoms with Crippen LogP contribution in [0.1, 0.15) is 31.4 Å². The van der Waals surface area contributed by atoms with Crippen LogP contribution >= 0.6 is 0 Å². The quantitative estimate of drug-likeness (QED) is 0.897. The van der Waals surface area contributed by atoms with Crippen molar-refractivity contribution in [1.29, 1.82) is 0 Å². The Morgan fingerprint density at radius 3 is 2.95 bits per heavy atom. The van der Waals surface area contributed by atoms with E-state index in [0.29, 0.717) is 12.6 Å². The van der Waals surface area contributed by atoms with Crippen molar-refractivity contribution >= 4 is 0 Å². The summed E-state index contributed by atoms with van der Waals surface area (Å²) in [6.07, 6.45) is 1.26. The third kappa shape index (κ3) is 3.78. The van der Waals surface area contributed by atoms with Gasteiger partial charge < -0.3 is 10.1 Å². The van der Waals surface area contributed by atoms with Gasteiger partial charge in [-0.2, -0.15) is 0 Å². The Kier molecular flexibility index (Phi) is 5.52. The number of hydrogen-bond donors (Lipinski definition) is 1. The first-order valence-electron chi connectivity index (χ1n) is 7.41. The van der Waals surface area contributed by atoms with Gasteiger partial charge >= 0.3 is 0 Å². The van der Waals surface area contributed by atoms with Gasteiger partial charge in [-0.25, -0.2) is 4.39 Å². The smallest absolute Gasteiger partial charge is 0.127 e. The van der Waals surface area contributed by atoms with Gasteiger partial charge in [-0.3, -0.25) is 4.90 Å². The van der Waals surface area contributed by atoms with Gasteiger partial charge in [0.2, 0.25) is 0 Å². The molecule has 0 amide bonds. The minimum absolute atomic E-state index is 0.112. The van der Waals surface area contributed by atoms with Crippen molar-refractivity contribution in [2.45, 2.75) is 45.5 Å². The molecule has 1 aromatic rings. The SMILES string of the molecule is CCC1COC(C)CN1Cc1cc(CNC)ccc1F. The molecule has 2 rings (SSSR count). The molecule has 0 bridgehead atoms. The van der Waals surface area contributed by atoms with E-state index < -0.39 is 0 Å². The van der Waals surface area contributed by atoms with E-state index in [-0.39, 0.29) is 11.9 Å². The van der Waals surface area contributed by atoms with Crippen LogP contribution in [0.2, 0.25) is 0 Å². The molecule has 1 fully saturated rings. The molecule has 0 radical (unpaired) electrons. The first kappa shape index (κ1) is 15.4. The molecule has 2 unspecified atom stereocenters. The van der Waals surface area contributed by atoms with Gasteiger partial charge in [0.25, 0.3) is 0 Å². The highest BCUT2D eigenvalue weighted by Gasteiger charge is 2.26. The molecule has 1 N–H and O–H groups in total. The van der Waals surface area contributed by atoms with Gasteiger partial charge in [0, 0.05) is 31.2 Å². The first-order valence-corrected chi connectivity index (χ1v) is 7.41. The lowest BCUT2D eigenvalue weighted by Gasteiger charge is -2.38. The summed E-state index contributed by atoms with van der Waals surface area (Å²) in [6, 6.07) is 5.78. The van der Waals surface area contributed by atoms with Gasteiger partial charge in [-0.1, -0.05) is 19.1 Å². The van der Waals surface area contributed by atoms with E-state index in [4.69, 9.17) is 4.74 Å². The first-order chi connectivity index (χ1) is 9.63. The minimum Gasteiger partial charge on any atom is -0.376 e. The number of hydrogen-bond acceptors (Lipinski definition) is 3. The maximum Gasteiger partial charge on any atom is 0.127 e. The average Bonchev–Trinajstić information content (AvgIpc) is 2.43. The lowest BCUT2D eigenvalue weighted by Crippen LogP contribution is -2.48. The molecule has 0 spiro atoms. The van der Waals surface area contributed by atoms with E-state index in [1.54, 1.807) is 6.07 Å². The number of ether oxygens (including phenoxy) is 1. The molecular weight excluding hydrogens is 255 g/mol. The molecule has 0 saturated carbocycles.